The zero-order chi connectivity index (χ0) is 9.97. The fraction of sp³-hybridized carbons (Fsp3) is 0.727. The highest BCUT2D eigenvalue weighted by Crippen LogP contribution is 2.27. The van der Waals surface area contributed by atoms with Gasteiger partial charge in [-0.25, -0.2) is 4.98 Å². The smallest absolute Gasteiger partial charge is 0.202 e. The summed E-state index contributed by atoms with van der Waals surface area (Å²) in [5.74, 6) is 1.82. The van der Waals surface area contributed by atoms with Crippen molar-refractivity contribution in [1.29, 1.82) is 0 Å². The maximum absolute atomic E-state index is 4.34. The Morgan fingerprint density at radius 2 is 2.43 bits per heavy atom. The first-order chi connectivity index (χ1) is 6.81. The Labute approximate surface area is 85.5 Å². The number of hydrogen-bond donors (Lipinski definition) is 1. The van der Waals surface area contributed by atoms with Crippen molar-refractivity contribution in [2.24, 2.45) is 5.92 Å². The van der Waals surface area contributed by atoms with Crippen molar-refractivity contribution >= 4 is 5.95 Å². The van der Waals surface area contributed by atoms with Gasteiger partial charge in [-0.1, -0.05) is 13.3 Å². The molecule has 0 amide bonds. The van der Waals surface area contributed by atoms with Crippen LogP contribution in [0.5, 0.6) is 0 Å². The summed E-state index contributed by atoms with van der Waals surface area (Å²) in [6, 6.07) is 0.627. The van der Waals surface area contributed by atoms with Gasteiger partial charge in [0.2, 0.25) is 5.95 Å². The zero-order valence-electron chi connectivity index (χ0n) is 9.03. The van der Waals surface area contributed by atoms with Gasteiger partial charge in [0.1, 0.15) is 0 Å². The Hall–Kier alpha value is -0.990. The molecule has 0 bridgehead atoms. The summed E-state index contributed by atoms with van der Waals surface area (Å²) in [5.41, 5.74) is 0. The lowest BCUT2D eigenvalue weighted by molar-refractivity contribution is 0.549. The van der Waals surface area contributed by atoms with Gasteiger partial charge in [-0.05, 0) is 25.7 Å². The van der Waals surface area contributed by atoms with Gasteiger partial charge >= 0.3 is 0 Å². The Kier molecular flexibility index (Phi) is 2.75. The number of nitrogens with zero attached hydrogens (tertiary/aromatic N) is 2. The van der Waals surface area contributed by atoms with Crippen LogP contribution in [0.4, 0.5) is 5.95 Å². The lowest BCUT2D eigenvalue weighted by Crippen LogP contribution is -2.23. The van der Waals surface area contributed by atoms with Gasteiger partial charge in [0.15, 0.2) is 0 Å². The molecular weight excluding hydrogens is 174 g/mol. The van der Waals surface area contributed by atoms with Crippen molar-refractivity contribution in [3.63, 3.8) is 0 Å². The molecular formula is C11H19N3. The summed E-state index contributed by atoms with van der Waals surface area (Å²) in [4.78, 5) is 4.34. The van der Waals surface area contributed by atoms with Crippen LogP contribution in [0.3, 0.4) is 0 Å². The predicted octanol–water partition coefficient (Wildman–Crippen LogP) is 2.50. The summed E-state index contributed by atoms with van der Waals surface area (Å²) >= 11 is 0. The monoisotopic (exact) mass is 193 g/mol. The molecule has 3 heteroatoms. The van der Waals surface area contributed by atoms with E-state index in [9.17, 15) is 0 Å². The molecule has 1 N–H and O–H groups in total. The van der Waals surface area contributed by atoms with Crippen molar-refractivity contribution in [2.45, 2.75) is 45.7 Å². The number of imidazole rings is 1. The Morgan fingerprint density at radius 1 is 1.57 bits per heavy atom. The molecule has 2 unspecified atom stereocenters. The molecule has 1 aromatic rings. The van der Waals surface area contributed by atoms with Crippen molar-refractivity contribution in [2.75, 3.05) is 5.32 Å². The van der Waals surface area contributed by atoms with Gasteiger partial charge in [-0.15, -0.1) is 0 Å². The van der Waals surface area contributed by atoms with E-state index in [-0.39, 0.29) is 0 Å². The number of anilines is 1. The molecule has 0 aliphatic heterocycles. The number of aromatic nitrogens is 2. The third-order valence-corrected chi connectivity index (χ3v) is 3.23. The quantitative estimate of drug-likeness (QED) is 0.799. The van der Waals surface area contributed by atoms with Gasteiger partial charge in [0.05, 0.1) is 0 Å². The molecule has 2 rings (SSSR count). The topological polar surface area (TPSA) is 29.9 Å². The molecule has 1 aliphatic carbocycles. The van der Waals surface area contributed by atoms with Gasteiger partial charge in [0.25, 0.3) is 0 Å². The van der Waals surface area contributed by atoms with E-state index in [0.29, 0.717) is 6.04 Å². The van der Waals surface area contributed by atoms with E-state index in [1.54, 1.807) is 0 Å². The Morgan fingerprint density at radius 3 is 3.07 bits per heavy atom. The maximum atomic E-state index is 4.34. The fourth-order valence-corrected chi connectivity index (χ4v) is 2.23. The molecule has 3 nitrogen and oxygen atoms in total. The molecule has 2 atom stereocenters. The van der Waals surface area contributed by atoms with Crippen molar-refractivity contribution in [3.05, 3.63) is 12.4 Å². The number of hydrogen-bond acceptors (Lipinski definition) is 2. The second kappa shape index (κ2) is 4.03. The average Bonchev–Trinajstić information content (AvgIpc) is 2.77. The van der Waals surface area contributed by atoms with Crippen LogP contribution in [0.2, 0.25) is 0 Å². The highest BCUT2D eigenvalue weighted by atomic mass is 15.2. The first kappa shape index (κ1) is 9.56. The SMILES string of the molecule is CCn1ccnc1NC1CCCC1C. The zero-order valence-corrected chi connectivity index (χ0v) is 9.03. The molecule has 0 spiro atoms. The first-order valence-electron chi connectivity index (χ1n) is 5.59. The van der Waals surface area contributed by atoms with Crippen LogP contribution in [0.1, 0.15) is 33.1 Å². The fourth-order valence-electron chi connectivity index (χ4n) is 2.23. The third-order valence-electron chi connectivity index (χ3n) is 3.23. The lowest BCUT2D eigenvalue weighted by atomic mass is 10.1. The minimum absolute atomic E-state index is 0.627. The summed E-state index contributed by atoms with van der Waals surface area (Å²) in [5, 5.41) is 3.54. The molecule has 1 heterocycles. The summed E-state index contributed by atoms with van der Waals surface area (Å²) in [6.45, 7) is 5.46. The molecule has 0 aromatic carbocycles. The molecule has 1 aromatic heterocycles. The molecule has 1 aliphatic rings. The molecule has 0 radical (unpaired) electrons. The van der Waals surface area contributed by atoms with Gasteiger partial charge in [-0.2, -0.15) is 0 Å². The van der Waals surface area contributed by atoms with Gasteiger partial charge in [0, 0.05) is 25.0 Å². The summed E-state index contributed by atoms with van der Waals surface area (Å²) < 4.78 is 2.16. The molecule has 1 fully saturated rings. The van der Waals surface area contributed by atoms with Crippen LogP contribution < -0.4 is 5.32 Å². The number of rotatable bonds is 3. The number of nitrogens with one attached hydrogen (secondary N) is 1. The highest BCUT2D eigenvalue weighted by molar-refractivity contribution is 5.28. The lowest BCUT2D eigenvalue weighted by Gasteiger charge is -2.18. The standard InChI is InChI=1S/C11H19N3/c1-3-14-8-7-12-11(14)13-10-6-4-5-9(10)2/h7-10H,3-6H2,1-2H3,(H,12,13). The average molecular weight is 193 g/mol. The maximum Gasteiger partial charge on any atom is 0.202 e. The van der Waals surface area contributed by atoms with Crippen LogP contribution in [0, 0.1) is 5.92 Å². The largest absolute Gasteiger partial charge is 0.353 e. The van der Waals surface area contributed by atoms with E-state index in [0.717, 1.165) is 18.4 Å². The van der Waals surface area contributed by atoms with E-state index >= 15 is 0 Å². The van der Waals surface area contributed by atoms with E-state index < -0.39 is 0 Å². The molecule has 1 saturated carbocycles. The first-order valence-corrected chi connectivity index (χ1v) is 5.59. The van der Waals surface area contributed by atoms with Gasteiger partial charge < -0.3 is 9.88 Å². The Bertz CT molecular complexity index is 292. The Balaban J connectivity index is 2.02. The molecule has 14 heavy (non-hydrogen) atoms. The summed E-state index contributed by atoms with van der Waals surface area (Å²) in [6.07, 6.45) is 7.89. The van der Waals surface area contributed by atoms with Gasteiger partial charge in [-0.3, -0.25) is 0 Å². The molecule has 78 valence electrons. The minimum atomic E-state index is 0.627. The second-order valence-electron chi connectivity index (χ2n) is 4.20. The van der Waals surface area contributed by atoms with E-state index in [1.807, 2.05) is 12.4 Å². The van der Waals surface area contributed by atoms with Crippen LogP contribution in [0.25, 0.3) is 0 Å². The highest BCUT2D eigenvalue weighted by Gasteiger charge is 2.23. The van der Waals surface area contributed by atoms with E-state index in [2.05, 4.69) is 28.7 Å². The van der Waals surface area contributed by atoms with Crippen molar-refractivity contribution in [3.8, 4) is 0 Å². The minimum Gasteiger partial charge on any atom is -0.353 e. The third kappa shape index (κ3) is 1.76. The van der Waals surface area contributed by atoms with Crippen LogP contribution in [0.15, 0.2) is 12.4 Å². The van der Waals surface area contributed by atoms with Crippen molar-refractivity contribution in [1.82, 2.24) is 9.55 Å². The van der Waals surface area contributed by atoms with Crippen molar-refractivity contribution < 1.29 is 0 Å². The predicted molar refractivity (Wildman–Crippen MR) is 58.3 cm³/mol. The van der Waals surface area contributed by atoms with E-state index in [4.69, 9.17) is 0 Å². The molecule has 0 saturated heterocycles. The second-order valence-corrected chi connectivity index (χ2v) is 4.20. The van der Waals surface area contributed by atoms with Crippen LogP contribution in [-0.4, -0.2) is 15.6 Å². The van der Waals surface area contributed by atoms with E-state index in [1.165, 1.54) is 19.3 Å². The number of aryl methyl sites for hydroxylation is 1. The van der Waals surface area contributed by atoms with Crippen LogP contribution >= 0.6 is 0 Å². The summed E-state index contributed by atoms with van der Waals surface area (Å²) in [7, 11) is 0. The normalized spacial score (nSPS) is 26.7. The van der Waals surface area contributed by atoms with Crippen LogP contribution in [-0.2, 0) is 6.54 Å².